The summed E-state index contributed by atoms with van der Waals surface area (Å²) < 4.78 is 17.0. The summed E-state index contributed by atoms with van der Waals surface area (Å²) in [6.45, 7) is 8.76. The molecule has 0 atom stereocenters. The number of benzene rings is 3. The van der Waals surface area contributed by atoms with Crippen LogP contribution < -0.4 is 14.2 Å². The van der Waals surface area contributed by atoms with Gasteiger partial charge in [0.1, 0.15) is 0 Å². The molecule has 6 aromatic rings. The molecular weight excluding hydrogens is 823 g/mol. The molecule has 3 aromatic carbocycles. The van der Waals surface area contributed by atoms with Crippen molar-refractivity contribution in [2.45, 2.75) is 59.3 Å². The van der Waals surface area contributed by atoms with Crippen molar-refractivity contribution in [3.05, 3.63) is 146 Å². The summed E-state index contributed by atoms with van der Waals surface area (Å²) >= 11 is 0. The summed E-state index contributed by atoms with van der Waals surface area (Å²) in [7, 11) is 0. The Bertz CT molecular complexity index is 1580. The minimum Gasteiger partial charge on any atom is -0.513 e. The standard InChI is InChI=1S/3C15H16NO.Ir/c3*1-2-3-11-17-14-8-6-7-13(12-14)15-9-4-5-10-16-15;/h3*4-6,8-10,12H,2-3,11H2,1H3;/q3*-1;+3. The fraction of sp³-hybridized carbons (Fsp3) is 0.267. The molecule has 0 aliphatic carbocycles. The molecule has 0 aliphatic rings. The van der Waals surface area contributed by atoms with Gasteiger partial charge in [0.15, 0.2) is 0 Å². The first-order chi connectivity index (χ1) is 25.2. The Balaban J connectivity index is 0.000000208. The van der Waals surface area contributed by atoms with Crippen LogP contribution in [0.4, 0.5) is 0 Å². The van der Waals surface area contributed by atoms with Gasteiger partial charge in [0, 0.05) is 35.8 Å². The van der Waals surface area contributed by atoms with Crippen LogP contribution in [-0.4, -0.2) is 34.8 Å². The predicted octanol–water partition coefficient (Wildman–Crippen LogP) is 11.2. The van der Waals surface area contributed by atoms with E-state index in [0.29, 0.717) is 0 Å². The van der Waals surface area contributed by atoms with Crippen molar-refractivity contribution in [3.8, 4) is 51.0 Å². The molecule has 0 spiro atoms. The second kappa shape index (κ2) is 25.2. The molecule has 0 N–H and O–H groups in total. The van der Waals surface area contributed by atoms with Crippen LogP contribution in [0.5, 0.6) is 17.2 Å². The van der Waals surface area contributed by atoms with E-state index in [1.54, 1.807) is 18.6 Å². The zero-order valence-corrected chi connectivity index (χ0v) is 32.8. The summed E-state index contributed by atoms with van der Waals surface area (Å²) in [5.41, 5.74) is 5.69. The number of unbranched alkanes of at least 4 members (excludes halogenated alkanes) is 3. The van der Waals surface area contributed by atoms with E-state index in [1.165, 1.54) is 0 Å². The Labute approximate surface area is 324 Å². The van der Waals surface area contributed by atoms with E-state index in [2.05, 4.69) is 53.9 Å². The van der Waals surface area contributed by atoms with Gasteiger partial charge < -0.3 is 29.2 Å². The van der Waals surface area contributed by atoms with Gasteiger partial charge >= 0.3 is 20.1 Å². The molecule has 0 amide bonds. The zero-order chi connectivity index (χ0) is 35.8. The molecule has 0 saturated carbocycles. The van der Waals surface area contributed by atoms with Gasteiger partial charge in [-0.2, -0.15) is 0 Å². The minimum atomic E-state index is 0. The number of nitrogens with zero attached hydrogens (tertiary/aromatic N) is 3. The molecular formula is C45H48IrN3O3. The van der Waals surface area contributed by atoms with Crippen molar-refractivity contribution >= 4 is 0 Å². The SMILES string of the molecule is CCCCOc1cc[c-]c(-c2ccccn2)c1.CCCCOc1cc[c-]c(-c2ccccn2)c1.CCCCOc1cc[c-]c(-c2ccccn2)c1.[Ir+3]. The number of hydrogen-bond donors (Lipinski definition) is 0. The van der Waals surface area contributed by atoms with Crippen LogP contribution in [-0.2, 0) is 20.1 Å². The van der Waals surface area contributed by atoms with Crippen LogP contribution >= 0.6 is 0 Å². The summed E-state index contributed by atoms with van der Waals surface area (Å²) in [6.07, 6.45) is 12.0. The summed E-state index contributed by atoms with van der Waals surface area (Å²) in [4.78, 5) is 12.9. The fourth-order valence-electron chi connectivity index (χ4n) is 4.62. The Morgan fingerprint density at radius 2 is 0.750 bits per heavy atom. The van der Waals surface area contributed by atoms with Crippen LogP contribution in [0.2, 0.25) is 0 Å². The number of pyridine rings is 3. The third kappa shape index (κ3) is 15.2. The molecule has 270 valence electrons. The third-order valence-corrected chi connectivity index (χ3v) is 7.44. The molecule has 3 aromatic heterocycles. The average Bonchev–Trinajstić information content (AvgIpc) is 3.20. The summed E-state index contributed by atoms with van der Waals surface area (Å²) in [5, 5.41) is 0. The Kier molecular flexibility index (Phi) is 20.1. The van der Waals surface area contributed by atoms with Crippen LogP contribution in [0.3, 0.4) is 0 Å². The van der Waals surface area contributed by atoms with E-state index in [4.69, 9.17) is 14.2 Å². The quantitative estimate of drug-likeness (QED) is 0.0756. The number of aromatic nitrogens is 3. The first-order valence-corrected chi connectivity index (χ1v) is 17.9. The van der Waals surface area contributed by atoms with E-state index in [9.17, 15) is 0 Å². The Hall–Kier alpha value is -4.84. The molecule has 0 radical (unpaired) electrons. The average molecular weight is 871 g/mol. The van der Waals surface area contributed by atoms with Gasteiger partial charge in [-0.05, 0) is 54.5 Å². The van der Waals surface area contributed by atoms with E-state index in [-0.39, 0.29) is 20.1 Å². The van der Waals surface area contributed by atoms with Gasteiger partial charge in [0.2, 0.25) is 0 Å². The normalized spacial score (nSPS) is 9.98. The van der Waals surface area contributed by atoms with Gasteiger partial charge in [-0.3, -0.25) is 0 Å². The smallest absolute Gasteiger partial charge is 0.513 e. The topological polar surface area (TPSA) is 66.4 Å². The maximum atomic E-state index is 5.66. The van der Waals surface area contributed by atoms with Crippen LogP contribution in [0.1, 0.15) is 59.3 Å². The molecule has 6 nitrogen and oxygen atoms in total. The van der Waals surface area contributed by atoms with Crippen molar-refractivity contribution in [2.75, 3.05) is 19.8 Å². The van der Waals surface area contributed by atoms with E-state index in [1.807, 2.05) is 109 Å². The van der Waals surface area contributed by atoms with Crippen molar-refractivity contribution in [1.29, 1.82) is 0 Å². The fourth-order valence-corrected chi connectivity index (χ4v) is 4.62. The van der Waals surface area contributed by atoms with Gasteiger partial charge in [0.25, 0.3) is 0 Å². The van der Waals surface area contributed by atoms with Crippen LogP contribution in [0.25, 0.3) is 33.8 Å². The maximum Gasteiger partial charge on any atom is 3.00 e. The van der Waals surface area contributed by atoms with Crippen molar-refractivity contribution in [3.63, 3.8) is 0 Å². The van der Waals surface area contributed by atoms with Gasteiger partial charge in [-0.15, -0.1) is 89.5 Å². The Morgan fingerprint density at radius 3 is 1.00 bits per heavy atom. The molecule has 0 unspecified atom stereocenters. The molecule has 3 heterocycles. The van der Waals surface area contributed by atoms with Gasteiger partial charge in [-0.1, -0.05) is 76.4 Å². The van der Waals surface area contributed by atoms with Gasteiger partial charge in [0.05, 0.1) is 19.8 Å². The summed E-state index contributed by atoms with van der Waals surface area (Å²) in [5.74, 6) is 2.66. The molecule has 0 bridgehead atoms. The van der Waals surface area contributed by atoms with Crippen molar-refractivity contribution in [1.82, 2.24) is 15.0 Å². The van der Waals surface area contributed by atoms with Crippen LogP contribution in [0.15, 0.2) is 128 Å². The molecule has 0 aliphatic heterocycles. The minimum absolute atomic E-state index is 0. The molecule has 6 rings (SSSR count). The first-order valence-electron chi connectivity index (χ1n) is 17.9. The second-order valence-electron chi connectivity index (χ2n) is 11.6. The molecule has 0 saturated heterocycles. The van der Waals surface area contributed by atoms with E-state index < -0.39 is 0 Å². The molecule has 0 fully saturated rings. The second-order valence-corrected chi connectivity index (χ2v) is 11.6. The summed E-state index contributed by atoms with van der Waals surface area (Å²) in [6, 6.07) is 44.5. The van der Waals surface area contributed by atoms with E-state index in [0.717, 1.165) is 109 Å². The molecule has 7 heteroatoms. The van der Waals surface area contributed by atoms with Gasteiger partial charge in [-0.25, -0.2) is 0 Å². The molecule has 52 heavy (non-hydrogen) atoms. The number of rotatable bonds is 15. The third-order valence-electron chi connectivity index (χ3n) is 7.44. The first kappa shape index (κ1) is 41.6. The van der Waals surface area contributed by atoms with Crippen molar-refractivity contribution in [2.24, 2.45) is 0 Å². The number of ether oxygens (including phenoxy) is 3. The Morgan fingerprint density at radius 1 is 0.442 bits per heavy atom. The number of hydrogen-bond acceptors (Lipinski definition) is 6. The predicted molar refractivity (Wildman–Crippen MR) is 207 cm³/mol. The van der Waals surface area contributed by atoms with Crippen molar-refractivity contribution < 1.29 is 34.3 Å². The monoisotopic (exact) mass is 871 g/mol. The largest absolute Gasteiger partial charge is 3.00 e. The van der Waals surface area contributed by atoms with Crippen LogP contribution in [0, 0.1) is 18.2 Å². The maximum absolute atomic E-state index is 5.66. The van der Waals surface area contributed by atoms with E-state index >= 15 is 0 Å². The zero-order valence-electron chi connectivity index (χ0n) is 30.4.